The zero-order valence-electron chi connectivity index (χ0n) is 30.9. The number of imide groups is 1. The minimum atomic E-state index is -0.715. The number of unbranched alkanes of at least 4 members (excludes halogenated alkanes) is 2. The number of halogens is 2. The van der Waals surface area contributed by atoms with Gasteiger partial charge in [0.05, 0.1) is 25.3 Å². The van der Waals surface area contributed by atoms with E-state index in [9.17, 15) is 18.8 Å². The summed E-state index contributed by atoms with van der Waals surface area (Å²) in [7, 11) is 1.64. The maximum atomic E-state index is 14.8. The van der Waals surface area contributed by atoms with Gasteiger partial charge in [0.2, 0.25) is 11.8 Å². The molecule has 3 amide bonds. The molecular weight excluding hydrogens is 755 g/mol. The van der Waals surface area contributed by atoms with Gasteiger partial charge in [-0.1, -0.05) is 28.1 Å². The minimum absolute atomic E-state index is 0.0225. The summed E-state index contributed by atoms with van der Waals surface area (Å²) in [5.41, 5.74) is 3.95. The first kappa shape index (κ1) is 37.7. The van der Waals surface area contributed by atoms with Crippen molar-refractivity contribution in [1.29, 1.82) is 0 Å². The lowest BCUT2D eigenvalue weighted by Crippen LogP contribution is -2.52. The Bertz CT molecular complexity index is 2070. The molecule has 0 radical (unpaired) electrons. The van der Waals surface area contributed by atoms with Crippen LogP contribution in [0.4, 0.5) is 10.2 Å². The second-order valence-electron chi connectivity index (χ2n) is 14.5. The molecular formula is C41H46BrFN6O5. The van der Waals surface area contributed by atoms with E-state index >= 15 is 0 Å². The van der Waals surface area contributed by atoms with Crippen molar-refractivity contribution in [2.75, 3.05) is 38.7 Å². The van der Waals surface area contributed by atoms with Crippen molar-refractivity contribution in [3.8, 4) is 11.5 Å². The fourth-order valence-electron chi connectivity index (χ4n) is 7.98. The van der Waals surface area contributed by atoms with Gasteiger partial charge < -0.3 is 24.6 Å². The van der Waals surface area contributed by atoms with E-state index in [1.165, 1.54) is 11.0 Å². The number of nitrogens with one attached hydrogen (secondary N) is 2. The molecule has 3 aliphatic heterocycles. The Morgan fingerprint density at radius 3 is 2.59 bits per heavy atom. The van der Waals surface area contributed by atoms with Crippen LogP contribution < -0.4 is 20.1 Å². The average molecular weight is 802 g/mol. The topological polar surface area (TPSA) is 126 Å². The number of fused-ring (bicyclic) bond motifs is 2. The number of piperidine rings is 2. The predicted octanol–water partition coefficient (Wildman–Crippen LogP) is 7.21. The molecule has 284 valence electrons. The van der Waals surface area contributed by atoms with Crippen molar-refractivity contribution in [1.82, 2.24) is 25.1 Å². The van der Waals surface area contributed by atoms with Gasteiger partial charge in [-0.2, -0.15) is 0 Å². The summed E-state index contributed by atoms with van der Waals surface area (Å²) in [4.78, 5) is 50.8. The maximum Gasteiger partial charge on any atom is 0.255 e. The van der Waals surface area contributed by atoms with Crippen LogP contribution in [0.15, 0.2) is 53.0 Å². The van der Waals surface area contributed by atoms with E-state index in [1.54, 1.807) is 13.2 Å². The van der Waals surface area contributed by atoms with Crippen molar-refractivity contribution in [3.05, 3.63) is 86.9 Å². The molecule has 4 aromatic rings. The van der Waals surface area contributed by atoms with Gasteiger partial charge in [0.1, 0.15) is 23.5 Å². The number of nitrogens with zero attached hydrogens (tertiary/aromatic N) is 4. The molecule has 0 saturated carbocycles. The highest BCUT2D eigenvalue weighted by molar-refractivity contribution is 9.10. The minimum Gasteiger partial charge on any atom is -0.493 e. The largest absolute Gasteiger partial charge is 0.493 e. The number of carbonyl (C=O) groups excluding carboxylic acids is 3. The van der Waals surface area contributed by atoms with E-state index in [0.717, 1.165) is 89.6 Å². The Morgan fingerprint density at radius 1 is 1.02 bits per heavy atom. The zero-order chi connectivity index (χ0) is 37.9. The molecule has 3 aromatic carbocycles. The normalized spacial score (nSPS) is 18.5. The number of anilines is 1. The summed E-state index contributed by atoms with van der Waals surface area (Å²) >= 11 is 3.56. The molecule has 54 heavy (non-hydrogen) atoms. The Balaban J connectivity index is 0.890. The summed E-state index contributed by atoms with van der Waals surface area (Å²) in [6.45, 7) is 7.57. The van der Waals surface area contributed by atoms with Gasteiger partial charge in [0, 0.05) is 34.5 Å². The molecule has 2 N–H and O–H groups in total. The molecule has 0 aliphatic carbocycles. The summed E-state index contributed by atoms with van der Waals surface area (Å²) in [6, 6.07) is 14.2. The van der Waals surface area contributed by atoms with Crippen LogP contribution in [0.25, 0.3) is 10.9 Å². The van der Waals surface area contributed by atoms with Crippen molar-refractivity contribution < 1.29 is 28.2 Å². The summed E-state index contributed by atoms with van der Waals surface area (Å²) in [5.74, 6) is 1.28. The molecule has 11 nitrogen and oxygen atoms in total. The lowest BCUT2D eigenvalue weighted by atomic mass is 9.85. The first-order valence-corrected chi connectivity index (χ1v) is 19.6. The maximum absolute atomic E-state index is 14.8. The van der Waals surface area contributed by atoms with Crippen LogP contribution >= 0.6 is 15.9 Å². The molecule has 1 aromatic heterocycles. The fraction of sp³-hybridized carbons (Fsp3) is 0.439. The molecule has 3 aliphatic rings. The summed E-state index contributed by atoms with van der Waals surface area (Å²) < 4.78 is 27.8. The molecule has 0 bridgehead atoms. The Hall–Kier alpha value is -4.62. The van der Waals surface area contributed by atoms with Gasteiger partial charge >= 0.3 is 0 Å². The van der Waals surface area contributed by atoms with E-state index in [1.807, 2.05) is 31.2 Å². The number of aryl methyl sites for hydroxylation is 1. The van der Waals surface area contributed by atoms with Crippen LogP contribution in [0.3, 0.4) is 0 Å². The van der Waals surface area contributed by atoms with E-state index in [0.29, 0.717) is 29.5 Å². The predicted molar refractivity (Wildman–Crippen MR) is 207 cm³/mol. The SMILES string of the molecule is COc1cc2c(N[C@H](C)c3cccc(Br)c3)nc(C)nc2cc1OCCCCCN1CCC(c2cc(F)cc3c2CN(C2CCC(=O)NC2=O)C3=O)CC1. The van der Waals surface area contributed by atoms with E-state index in [-0.39, 0.29) is 43.2 Å². The highest BCUT2D eigenvalue weighted by Crippen LogP contribution is 2.39. The fourth-order valence-corrected chi connectivity index (χ4v) is 8.40. The van der Waals surface area contributed by atoms with Crippen molar-refractivity contribution >= 4 is 50.4 Å². The van der Waals surface area contributed by atoms with E-state index < -0.39 is 17.8 Å². The second kappa shape index (κ2) is 16.4. The standard InChI is InChI=1S/C41H46BrFN6O5/c1-24(27-8-7-9-28(42)18-27)44-39-32-21-36(53-3)37(22-34(32)45-25(2)46-39)54-17-6-4-5-14-48-15-12-26(13-16-48)30-19-29(43)20-31-33(30)23-49(41(31)52)35-10-11-38(50)47-40(35)51/h7-9,18-22,24,26,35H,4-6,10-17,23H2,1-3H3,(H,44,45,46)(H,47,50,51)/t24-,35?/m1/s1. The van der Waals surface area contributed by atoms with Crippen LogP contribution in [0.2, 0.25) is 0 Å². The van der Waals surface area contributed by atoms with E-state index in [2.05, 4.69) is 50.5 Å². The Kier molecular flexibility index (Phi) is 11.4. The quantitative estimate of drug-likeness (QED) is 0.107. The number of hydrogen-bond donors (Lipinski definition) is 2. The molecule has 1 unspecified atom stereocenters. The lowest BCUT2D eigenvalue weighted by molar-refractivity contribution is -0.136. The summed E-state index contributed by atoms with van der Waals surface area (Å²) in [5, 5.41) is 6.75. The van der Waals surface area contributed by atoms with E-state index in [4.69, 9.17) is 19.4 Å². The van der Waals surface area contributed by atoms with Gasteiger partial charge in [0.15, 0.2) is 11.5 Å². The Labute approximate surface area is 323 Å². The second-order valence-corrected chi connectivity index (χ2v) is 15.4. The average Bonchev–Trinajstić information content (AvgIpc) is 3.47. The van der Waals surface area contributed by atoms with Crippen LogP contribution in [0.1, 0.15) is 96.7 Å². The monoisotopic (exact) mass is 800 g/mol. The van der Waals surface area contributed by atoms with Crippen LogP contribution in [-0.2, 0) is 16.1 Å². The van der Waals surface area contributed by atoms with Gasteiger partial charge in [-0.05, 0) is 125 Å². The highest BCUT2D eigenvalue weighted by atomic mass is 79.9. The lowest BCUT2D eigenvalue weighted by Gasteiger charge is -2.33. The van der Waals surface area contributed by atoms with Crippen molar-refractivity contribution in [3.63, 3.8) is 0 Å². The third kappa shape index (κ3) is 8.22. The summed E-state index contributed by atoms with van der Waals surface area (Å²) in [6.07, 6.45) is 5.15. The van der Waals surface area contributed by atoms with Crippen LogP contribution in [0.5, 0.6) is 11.5 Å². The number of methoxy groups -OCH3 is 1. The van der Waals surface area contributed by atoms with Crippen molar-refractivity contribution in [2.24, 2.45) is 0 Å². The third-order valence-electron chi connectivity index (χ3n) is 10.9. The number of ether oxygens (including phenoxy) is 2. The number of carbonyl (C=O) groups is 3. The first-order chi connectivity index (χ1) is 26.1. The van der Waals surface area contributed by atoms with Crippen LogP contribution in [0, 0.1) is 12.7 Å². The molecule has 2 fully saturated rings. The number of likely N-dealkylation sites (tertiary alicyclic amines) is 1. The first-order valence-electron chi connectivity index (χ1n) is 18.8. The van der Waals surface area contributed by atoms with Gasteiger partial charge in [-0.3, -0.25) is 19.7 Å². The smallest absolute Gasteiger partial charge is 0.255 e. The molecule has 0 spiro atoms. The molecule has 13 heteroatoms. The number of amides is 3. The molecule has 4 heterocycles. The highest BCUT2D eigenvalue weighted by Gasteiger charge is 2.41. The van der Waals surface area contributed by atoms with Gasteiger partial charge in [0.25, 0.3) is 5.91 Å². The third-order valence-corrected chi connectivity index (χ3v) is 11.3. The van der Waals surface area contributed by atoms with Gasteiger partial charge in [-0.25, -0.2) is 14.4 Å². The van der Waals surface area contributed by atoms with Crippen LogP contribution in [-0.4, -0.2) is 76.9 Å². The number of hydrogen-bond acceptors (Lipinski definition) is 9. The number of rotatable bonds is 13. The zero-order valence-corrected chi connectivity index (χ0v) is 32.5. The van der Waals surface area contributed by atoms with Gasteiger partial charge in [-0.15, -0.1) is 0 Å². The number of benzene rings is 3. The Morgan fingerprint density at radius 2 is 1.83 bits per heavy atom. The van der Waals surface area contributed by atoms with Crippen molar-refractivity contribution in [2.45, 2.75) is 83.3 Å². The number of aromatic nitrogens is 2. The molecule has 7 rings (SSSR count). The molecule has 2 saturated heterocycles. The molecule has 2 atom stereocenters.